The summed E-state index contributed by atoms with van der Waals surface area (Å²) >= 11 is 0. The Bertz CT molecular complexity index is 248. The average Bonchev–Trinajstić information content (AvgIpc) is 1.95. The fraction of sp³-hybridized carbons (Fsp3) is 0.900. The molecular formula is C10H20F3N3O. The second kappa shape index (κ2) is 6.20. The lowest BCUT2D eigenvalue weighted by atomic mass is 10.1. The Morgan fingerprint density at radius 1 is 1.29 bits per heavy atom. The van der Waals surface area contributed by atoms with Crippen LogP contribution in [0.5, 0.6) is 0 Å². The monoisotopic (exact) mass is 255 g/mol. The van der Waals surface area contributed by atoms with Crippen LogP contribution in [0.25, 0.3) is 0 Å². The number of amides is 1. The minimum atomic E-state index is -4.32. The van der Waals surface area contributed by atoms with Gasteiger partial charge in [0.1, 0.15) is 0 Å². The summed E-state index contributed by atoms with van der Waals surface area (Å²) in [6.07, 6.45) is -4.32. The van der Waals surface area contributed by atoms with Crippen LogP contribution in [0.15, 0.2) is 0 Å². The number of hydrogen-bond donors (Lipinski definition) is 2. The molecular weight excluding hydrogens is 235 g/mol. The highest BCUT2D eigenvalue weighted by Crippen LogP contribution is 2.16. The van der Waals surface area contributed by atoms with Crippen LogP contribution in [-0.2, 0) is 4.79 Å². The van der Waals surface area contributed by atoms with Gasteiger partial charge in [0.25, 0.3) is 0 Å². The molecule has 0 aliphatic heterocycles. The average molecular weight is 255 g/mol. The molecule has 0 bridgehead atoms. The summed E-state index contributed by atoms with van der Waals surface area (Å²) in [5.74, 6) is -0.435. The van der Waals surface area contributed by atoms with E-state index in [2.05, 4.69) is 5.32 Å². The summed E-state index contributed by atoms with van der Waals surface area (Å²) in [7, 11) is 0. The molecule has 0 aromatic rings. The van der Waals surface area contributed by atoms with Gasteiger partial charge in [0, 0.05) is 18.6 Å². The molecule has 102 valence electrons. The minimum Gasteiger partial charge on any atom is -0.350 e. The molecule has 0 saturated heterocycles. The lowest BCUT2D eigenvalue weighted by Gasteiger charge is -2.25. The highest BCUT2D eigenvalue weighted by molar-refractivity contribution is 5.78. The Hall–Kier alpha value is -0.820. The molecule has 7 heteroatoms. The van der Waals surface area contributed by atoms with Crippen LogP contribution >= 0.6 is 0 Å². The highest BCUT2D eigenvalue weighted by Gasteiger charge is 2.31. The third-order valence-corrected chi connectivity index (χ3v) is 1.73. The summed E-state index contributed by atoms with van der Waals surface area (Å²) in [6.45, 7) is 4.00. The summed E-state index contributed by atoms with van der Waals surface area (Å²) in [4.78, 5) is 12.5. The van der Waals surface area contributed by atoms with Crippen LogP contribution in [0, 0.1) is 0 Å². The van der Waals surface area contributed by atoms with Gasteiger partial charge >= 0.3 is 6.18 Å². The Balaban J connectivity index is 4.30. The first-order valence-electron chi connectivity index (χ1n) is 5.34. The highest BCUT2D eigenvalue weighted by atomic mass is 19.4. The molecule has 0 unspecified atom stereocenters. The van der Waals surface area contributed by atoms with Crippen molar-refractivity contribution in [1.82, 2.24) is 10.2 Å². The van der Waals surface area contributed by atoms with Gasteiger partial charge in [-0.2, -0.15) is 13.2 Å². The molecule has 0 radical (unpaired) electrons. The maximum absolute atomic E-state index is 12.2. The van der Waals surface area contributed by atoms with E-state index < -0.39 is 24.2 Å². The van der Waals surface area contributed by atoms with Gasteiger partial charge < -0.3 is 11.1 Å². The first kappa shape index (κ1) is 16.2. The van der Waals surface area contributed by atoms with Gasteiger partial charge in [-0.15, -0.1) is 0 Å². The van der Waals surface area contributed by atoms with Crippen molar-refractivity contribution in [1.29, 1.82) is 0 Å². The number of halogens is 3. The number of rotatable bonds is 5. The molecule has 0 aromatic carbocycles. The van der Waals surface area contributed by atoms with E-state index >= 15 is 0 Å². The SMILES string of the molecule is CC(C)(C)NC(=O)CN(CCN)CC(F)(F)F. The van der Waals surface area contributed by atoms with Crippen LogP contribution in [0.2, 0.25) is 0 Å². The zero-order valence-corrected chi connectivity index (χ0v) is 10.4. The number of alkyl halides is 3. The molecule has 0 aliphatic rings. The number of nitrogens with two attached hydrogens (primary N) is 1. The molecule has 0 atom stereocenters. The topological polar surface area (TPSA) is 58.4 Å². The fourth-order valence-corrected chi connectivity index (χ4v) is 1.31. The van der Waals surface area contributed by atoms with E-state index in [0.29, 0.717) is 0 Å². The van der Waals surface area contributed by atoms with Crippen molar-refractivity contribution < 1.29 is 18.0 Å². The Kier molecular flexibility index (Phi) is 5.91. The van der Waals surface area contributed by atoms with E-state index in [1.54, 1.807) is 20.8 Å². The summed E-state index contributed by atoms with van der Waals surface area (Å²) in [5.41, 5.74) is 4.76. The molecule has 0 fully saturated rings. The van der Waals surface area contributed by atoms with Gasteiger partial charge in [0.2, 0.25) is 5.91 Å². The Morgan fingerprint density at radius 3 is 2.18 bits per heavy atom. The van der Waals surface area contributed by atoms with E-state index in [1.165, 1.54) is 0 Å². The smallest absolute Gasteiger partial charge is 0.350 e. The van der Waals surface area contributed by atoms with Crippen molar-refractivity contribution in [2.45, 2.75) is 32.5 Å². The molecule has 17 heavy (non-hydrogen) atoms. The van der Waals surface area contributed by atoms with Gasteiger partial charge in [-0.05, 0) is 20.8 Å². The van der Waals surface area contributed by atoms with E-state index in [1.807, 2.05) is 0 Å². The first-order valence-corrected chi connectivity index (χ1v) is 5.34. The minimum absolute atomic E-state index is 0.0388. The second-order valence-corrected chi connectivity index (χ2v) is 4.91. The number of carbonyl (C=O) groups excluding carboxylic acids is 1. The van der Waals surface area contributed by atoms with Gasteiger partial charge in [-0.25, -0.2) is 0 Å². The van der Waals surface area contributed by atoms with Gasteiger partial charge in [-0.1, -0.05) is 0 Å². The largest absolute Gasteiger partial charge is 0.401 e. The summed E-state index contributed by atoms with van der Waals surface area (Å²) in [5, 5.41) is 2.61. The number of hydrogen-bond acceptors (Lipinski definition) is 3. The molecule has 0 spiro atoms. The Labute approximate surface area is 99.3 Å². The zero-order valence-electron chi connectivity index (χ0n) is 10.4. The molecule has 0 aliphatic carbocycles. The quantitative estimate of drug-likeness (QED) is 0.761. The maximum Gasteiger partial charge on any atom is 0.401 e. The first-order chi connectivity index (χ1) is 7.53. The Morgan fingerprint density at radius 2 is 1.82 bits per heavy atom. The maximum atomic E-state index is 12.2. The zero-order chi connectivity index (χ0) is 13.7. The molecule has 0 aromatic heterocycles. The molecule has 1 amide bonds. The number of carbonyl (C=O) groups is 1. The van der Waals surface area contributed by atoms with Crippen LogP contribution < -0.4 is 11.1 Å². The van der Waals surface area contributed by atoms with E-state index in [-0.39, 0.29) is 19.6 Å². The second-order valence-electron chi connectivity index (χ2n) is 4.91. The lowest BCUT2D eigenvalue weighted by molar-refractivity contribution is -0.148. The van der Waals surface area contributed by atoms with Crippen molar-refractivity contribution in [2.24, 2.45) is 5.73 Å². The van der Waals surface area contributed by atoms with Crippen LogP contribution in [0.4, 0.5) is 13.2 Å². The molecule has 0 saturated carbocycles. The van der Waals surface area contributed by atoms with E-state index in [0.717, 1.165) is 4.90 Å². The van der Waals surface area contributed by atoms with Crippen molar-refractivity contribution in [3.63, 3.8) is 0 Å². The van der Waals surface area contributed by atoms with Gasteiger partial charge in [0.15, 0.2) is 0 Å². The lowest BCUT2D eigenvalue weighted by Crippen LogP contribution is -2.48. The predicted molar refractivity (Wildman–Crippen MR) is 59.4 cm³/mol. The summed E-state index contributed by atoms with van der Waals surface area (Å²) < 4.78 is 36.6. The van der Waals surface area contributed by atoms with E-state index in [9.17, 15) is 18.0 Å². The number of nitrogens with zero attached hydrogens (tertiary/aromatic N) is 1. The normalized spacial score (nSPS) is 12.9. The van der Waals surface area contributed by atoms with Crippen LogP contribution in [0.1, 0.15) is 20.8 Å². The van der Waals surface area contributed by atoms with Crippen molar-refractivity contribution in [3.05, 3.63) is 0 Å². The van der Waals surface area contributed by atoms with Crippen molar-refractivity contribution in [2.75, 3.05) is 26.2 Å². The summed E-state index contributed by atoms with van der Waals surface area (Å²) in [6, 6.07) is 0. The van der Waals surface area contributed by atoms with E-state index in [4.69, 9.17) is 5.73 Å². The third-order valence-electron chi connectivity index (χ3n) is 1.73. The molecule has 3 N–H and O–H groups in total. The fourth-order valence-electron chi connectivity index (χ4n) is 1.31. The molecule has 0 rings (SSSR count). The molecule has 0 heterocycles. The predicted octanol–water partition coefficient (Wildman–Crippen LogP) is 0.724. The van der Waals surface area contributed by atoms with Gasteiger partial charge in [0.05, 0.1) is 13.1 Å². The van der Waals surface area contributed by atoms with Crippen molar-refractivity contribution >= 4 is 5.91 Å². The van der Waals surface area contributed by atoms with Crippen molar-refractivity contribution in [3.8, 4) is 0 Å². The van der Waals surface area contributed by atoms with Crippen LogP contribution in [0.3, 0.4) is 0 Å². The van der Waals surface area contributed by atoms with Crippen LogP contribution in [-0.4, -0.2) is 48.7 Å². The molecule has 4 nitrogen and oxygen atoms in total. The number of nitrogens with one attached hydrogen (secondary N) is 1. The van der Waals surface area contributed by atoms with Gasteiger partial charge in [-0.3, -0.25) is 9.69 Å². The third kappa shape index (κ3) is 10.1. The standard InChI is InChI=1S/C10H20F3N3O/c1-9(2,3)15-8(17)6-16(5-4-14)7-10(11,12)13/h4-7,14H2,1-3H3,(H,15,17).